The van der Waals surface area contributed by atoms with Crippen molar-refractivity contribution in [2.75, 3.05) is 12.0 Å². The van der Waals surface area contributed by atoms with Gasteiger partial charge >= 0.3 is 0 Å². The van der Waals surface area contributed by atoms with Gasteiger partial charge in [-0.25, -0.2) is 4.39 Å². The fourth-order valence-electron chi connectivity index (χ4n) is 5.02. The average Bonchev–Trinajstić information content (AvgIpc) is 3.36. The van der Waals surface area contributed by atoms with Crippen LogP contribution in [0.1, 0.15) is 40.3 Å². The number of hydrogen-bond acceptors (Lipinski definition) is 3. The number of thiocarbonyl (C=S) groups is 1. The molecule has 0 radical (unpaired) electrons. The van der Waals surface area contributed by atoms with E-state index >= 15 is 0 Å². The molecule has 0 unspecified atom stereocenters. The number of nitrogens with one attached hydrogen (secondary N) is 1. The van der Waals surface area contributed by atoms with Gasteiger partial charge in [-0.1, -0.05) is 17.7 Å². The molecule has 1 aliphatic heterocycles. The molecule has 0 bridgehead atoms. The Labute approximate surface area is 220 Å². The predicted octanol–water partition coefficient (Wildman–Crippen LogP) is 6.78. The first kappa shape index (κ1) is 24.3. The molecular formula is C28H26ClFN4OS. The minimum absolute atomic E-state index is 0.209. The van der Waals surface area contributed by atoms with E-state index in [9.17, 15) is 4.39 Å². The maximum atomic E-state index is 14.2. The topological polar surface area (TPSA) is 42.3 Å². The fourth-order valence-corrected chi connectivity index (χ4v) is 5.54. The van der Waals surface area contributed by atoms with Gasteiger partial charge in [0.2, 0.25) is 0 Å². The number of pyridine rings is 1. The molecule has 5 rings (SSSR count). The predicted molar refractivity (Wildman–Crippen MR) is 146 cm³/mol. The second-order valence-corrected chi connectivity index (χ2v) is 9.73. The fraction of sp³-hybridized carbons (Fsp3) is 0.214. The summed E-state index contributed by atoms with van der Waals surface area (Å²) in [5.74, 6) is 0.473. The molecule has 0 aliphatic carbocycles. The van der Waals surface area contributed by atoms with Crippen molar-refractivity contribution in [2.45, 2.75) is 32.9 Å². The lowest BCUT2D eigenvalue weighted by molar-refractivity contribution is 0.412. The molecule has 1 N–H and O–H groups in total. The van der Waals surface area contributed by atoms with Crippen LogP contribution in [-0.4, -0.2) is 21.8 Å². The summed E-state index contributed by atoms with van der Waals surface area (Å²) in [5.41, 5.74) is 6.23. The van der Waals surface area contributed by atoms with E-state index in [1.807, 2.05) is 42.5 Å². The van der Waals surface area contributed by atoms with Gasteiger partial charge in [0.1, 0.15) is 11.6 Å². The molecule has 0 spiro atoms. The van der Waals surface area contributed by atoms with E-state index in [-0.39, 0.29) is 17.9 Å². The number of aryl methyl sites for hydroxylation is 2. The number of nitrogens with zero attached hydrogens (tertiary/aromatic N) is 3. The normalized spacial score (nSPS) is 17.4. The molecule has 184 valence electrons. The third kappa shape index (κ3) is 4.12. The van der Waals surface area contributed by atoms with Crippen molar-refractivity contribution in [3.63, 3.8) is 0 Å². The number of benzene rings is 2. The second kappa shape index (κ2) is 9.56. The number of aromatic nitrogens is 2. The molecule has 1 saturated heterocycles. The summed E-state index contributed by atoms with van der Waals surface area (Å²) in [6.45, 7) is 5.89. The zero-order chi connectivity index (χ0) is 25.6. The van der Waals surface area contributed by atoms with Crippen LogP contribution in [0.15, 0.2) is 66.9 Å². The van der Waals surface area contributed by atoms with Crippen molar-refractivity contribution in [1.82, 2.24) is 14.9 Å². The smallest absolute Gasteiger partial charge is 0.174 e. The number of hydrogen-bond donors (Lipinski definition) is 1. The minimum atomic E-state index is -0.249. The Morgan fingerprint density at radius 1 is 1.06 bits per heavy atom. The minimum Gasteiger partial charge on any atom is -0.495 e. The molecule has 2 aromatic heterocycles. The number of rotatable bonds is 5. The summed E-state index contributed by atoms with van der Waals surface area (Å²) < 4.78 is 22.0. The van der Waals surface area contributed by atoms with Crippen LogP contribution in [0, 0.1) is 26.6 Å². The van der Waals surface area contributed by atoms with Crippen LogP contribution >= 0.6 is 23.8 Å². The molecule has 4 aromatic rings. The highest BCUT2D eigenvalue weighted by Gasteiger charge is 2.42. The largest absolute Gasteiger partial charge is 0.495 e. The Hall–Kier alpha value is -3.42. The van der Waals surface area contributed by atoms with E-state index in [1.54, 1.807) is 26.3 Å². The summed E-state index contributed by atoms with van der Waals surface area (Å²) in [6, 6.07) is 18.2. The standard InChI is InChI=1S/C28H26ClFN4OS/c1-16-13-20(9-10-22(16)30)34-27(26(32-28(34)36)23-7-5-6-12-31-23)21-14-17(2)33(18(21)3)24-15-19(29)8-11-25(24)35-4/h5-15,26-27H,1-4H3,(H,32,36)/t26-,27-/m1/s1. The van der Waals surface area contributed by atoms with Gasteiger partial charge in [0.25, 0.3) is 0 Å². The molecule has 1 fully saturated rings. The second-order valence-electron chi connectivity index (χ2n) is 8.91. The summed E-state index contributed by atoms with van der Waals surface area (Å²) in [6.07, 6.45) is 1.78. The molecular weight excluding hydrogens is 495 g/mol. The zero-order valence-electron chi connectivity index (χ0n) is 20.4. The highest BCUT2D eigenvalue weighted by Crippen LogP contribution is 2.44. The molecule has 8 heteroatoms. The maximum Gasteiger partial charge on any atom is 0.174 e. The summed E-state index contributed by atoms with van der Waals surface area (Å²) >= 11 is 12.2. The van der Waals surface area contributed by atoms with Gasteiger partial charge in [-0.3, -0.25) is 4.98 Å². The van der Waals surface area contributed by atoms with E-state index in [1.165, 1.54) is 6.07 Å². The monoisotopic (exact) mass is 520 g/mol. The van der Waals surface area contributed by atoms with Crippen molar-refractivity contribution in [3.05, 3.63) is 106 Å². The Balaban J connectivity index is 1.71. The zero-order valence-corrected chi connectivity index (χ0v) is 22.0. The summed E-state index contributed by atoms with van der Waals surface area (Å²) in [5, 5.41) is 4.66. The van der Waals surface area contributed by atoms with Crippen molar-refractivity contribution >= 4 is 34.6 Å². The Bertz CT molecular complexity index is 1460. The van der Waals surface area contributed by atoms with Gasteiger partial charge in [-0.05, 0) is 98.7 Å². The van der Waals surface area contributed by atoms with Crippen LogP contribution in [0.4, 0.5) is 10.1 Å². The number of methoxy groups -OCH3 is 1. The molecule has 2 aromatic carbocycles. The molecule has 2 atom stereocenters. The van der Waals surface area contributed by atoms with Gasteiger partial charge in [0.05, 0.1) is 30.6 Å². The van der Waals surface area contributed by atoms with Gasteiger partial charge in [-0.2, -0.15) is 0 Å². The first-order chi connectivity index (χ1) is 17.3. The Kier molecular flexibility index (Phi) is 6.45. The van der Waals surface area contributed by atoms with Gasteiger partial charge in [0, 0.05) is 28.3 Å². The third-order valence-corrected chi connectivity index (χ3v) is 7.24. The van der Waals surface area contributed by atoms with Gasteiger partial charge in [-0.15, -0.1) is 0 Å². The molecule has 5 nitrogen and oxygen atoms in total. The summed E-state index contributed by atoms with van der Waals surface area (Å²) in [7, 11) is 1.65. The van der Waals surface area contributed by atoms with Crippen LogP contribution in [0.5, 0.6) is 5.75 Å². The number of halogens is 2. The quantitative estimate of drug-likeness (QED) is 0.294. The van der Waals surface area contributed by atoms with Crippen LogP contribution < -0.4 is 15.0 Å². The first-order valence-electron chi connectivity index (χ1n) is 11.6. The maximum absolute atomic E-state index is 14.2. The van der Waals surface area contributed by atoms with Crippen LogP contribution in [0.2, 0.25) is 5.02 Å². The van der Waals surface area contributed by atoms with Crippen molar-refractivity contribution in [2.24, 2.45) is 0 Å². The van der Waals surface area contributed by atoms with Crippen LogP contribution in [0.25, 0.3) is 5.69 Å². The van der Waals surface area contributed by atoms with Crippen LogP contribution in [-0.2, 0) is 0 Å². The summed E-state index contributed by atoms with van der Waals surface area (Å²) in [4.78, 5) is 6.69. The molecule has 36 heavy (non-hydrogen) atoms. The lowest BCUT2D eigenvalue weighted by Crippen LogP contribution is -2.29. The lowest BCUT2D eigenvalue weighted by atomic mass is 9.96. The van der Waals surface area contributed by atoms with Crippen molar-refractivity contribution in [1.29, 1.82) is 0 Å². The van der Waals surface area contributed by atoms with E-state index in [0.29, 0.717) is 15.7 Å². The average molecular weight is 521 g/mol. The van der Waals surface area contributed by atoms with E-state index in [2.05, 4.69) is 39.7 Å². The number of anilines is 1. The molecule has 0 amide bonds. The van der Waals surface area contributed by atoms with Gasteiger partial charge < -0.3 is 19.5 Å². The third-order valence-electron chi connectivity index (χ3n) is 6.69. The Morgan fingerprint density at radius 2 is 1.86 bits per heavy atom. The van der Waals surface area contributed by atoms with Gasteiger partial charge in [0.15, 0.2) is 5.11 Å². The van der Waals surface area contributed by atoms with Crippen LogP contribution in [0.3, 0.4) is 0 Å². The van der Waals surface area contributed by atoms with E-state index in [0.717, 1.165) is 39.8 Å². The SMILES string of the molecule is COc1ccc(Cl)cc1-n1c(C)cc([C@@H]2[C@@H](c3ccccn3)NC(=S)N2c2ccc(F)c(C)c2)c1C. The number of ether oxygens (including phenoxy) is 1. The lowest BCUT2D eigenvalue weighted by Gasteiger charge is -2.28. The Morgan fingerprint density at radius 3 is 2.56 bits per heavy atom. The highest BCUT2D eigenvalue weighted by atomic mass is 35.5. The molecule has 0 saturated carbocycles. The van der Waals surface area contributed by atoms with Crippen molar-refractivity contribution < 1.29 is 9.13 Å². The van der Waals surface area contributed by atoms with E-state index < -0.39 is 0 Å². The van der Waals surface area contributed by atoms with Crippen molar-refractivity contribution in [3.8, 4) is 11.4 Å². The molecule has 1 aliphatic rings. The first-order valence-corrected chi connectivity index (χ1v) is 12.4. The highest BCUT2D eigenvalue weighted by molar-refractivity contribution is 7.80. The molecule has 3 heterocycles. The van der Waals surface area contributed by atoms with E-state index in [4.69, 9.17) is 28.6 Å².